The van der Waals surface area contributed by atoms with Gasteiger partial charge < -0.3 is 10.5 Å². The largest absolute Gasteiger partial charge is 0.405 e. The Labute approximate surface area is 106 Å². The second kappa shape index (κ2) is 4.65. The van der Waals surface area contributed by atoms with Crippen molar-refractivity contribution in [3.05, 3.63) is 0 Å². The second-order valence-electron chi connectivity index (χ2n) is 6.37. The van der Waals surface area contributed by atoms with Crippen LogP contribution in [0.25, 0.3) is 0 Å². The van der Waals surface area contributed by atoms with Crippen molar-refractivity contribution >= 4 is 0 Å². The van der Waals surface area contributed by atoms with Crippen LogP contribution in [0.4, 0.5) is 13.2 Å². The van der Waals surface area contributed by atoms with Crippen molar-refractivity contribution in [2.45, 2.75) is 64.1 Å². The number of rotatable bonds is 2. The van der Waals surface area contributed by atoms with E-state index < -0.39 is 29.5 Å². The Kier molecular flexibility index (Phi) is 4.06. The summed E-state index contributed by atoms with van der Waals surface area (Å²) in [4.78, 5) is 1.40. The summed E-state index contributed by atoms with van der Waals surface area (Å²) < 4.78 is 45.1. The molecule has 0 saturated carbocycles. The van der Waals surface area contributed by atoms with E-state index >= 15 is 0 Å². The van der Waals surface area contributed by atoms with Gasteiger partial charge in [-0.3, -0.25) is 4.90 Å². The van der Waals surface area contributed by atoms with Gasteiger partial charge in [0.2, 0.25) is 0 Å². The van der Waals surface area contributed by atoms with Crippen molar-refractivity contribution in [1.29, 1.82) is 0 Å². The highest BCUT2D eigenvalue weighted by Crippen LogP contribution is 2.34. The molecule has 0 radical (unpaired) electrons. The Balaban J connectivity index is 2.99. The molecule has 0 aromatic rings. The van der Waals surface area contributed by atoms with Gasteiger partial charge in [-0.15, -0.1) is 0 Å². The molecule has 6 heteroatoms. The third kappa shape index (κ3) is 3.83. The molecule has 1 fully saturated rings. The van der Waals surface area contributed by atoms with Gasteiger partial charge in [-0.2, -0.15) is 13.2 Å². The third-order valence-corrected chi connectivity index (χ3v) is 2.95. The molecule has 2 atom stereocenters. The molecule has 0 aliphatic carbocycles. The quantitative estimate of drug-likeness (QED) is 0.834. The van der Waals surface area contributed by atoms with Crippen LogP contribution < -0.4 is 5.73 Å². The van der Waals surface area contributed by atoms with Crippen LogP contribution >= 0.6 is 0 Å². The van der Waals surface area contributed by atoms with Gasteiger partial charge in [0, 0.05) is 19.1 Å². The fourth-order valence-electron chi connectivity index (χ4n) is 2.88. The molecule has 0 bridgehead atoms. The molecule has 0 aromatic heterocycles. The van der Waals surface area contributed by atoms with E-state index in [0.717, 1.165) is 0 Å². The number of hydrogen-bond donors (Lipinski definition) is 1. The molecule has 3 nitrogen and oxygen atoms in total. The molecule has 0 amide bonds. The Morgan fingerprint density at radius 2 is 1.50 bits per heavy atom. The lowest BCUT2D eigenvalue weighted by atomic mass is 9.95. The summed E-state index contributed by atoms with van der Waals surface area (Å²) in [7, 11) is 0. The molecule has 108 valence electrons. The lowest BCUT2D eigenvalue weighted by Gasteiger charge is -2.50. The number of nitrogens with zero attached hydrogens (tertiary/aromatic N) is 1. The van der Waals surface area contributed by atoms with Gasteiger partial charge in [-0.05, 0) is 34.6 Å². The van der Waals surface area contributed by atoms with Crippen LogP contribution in [0.3, 0.4) is 0 Å². The van der Waals surface area contributed by atoms with Gasteiger partial charge in [0.05, 0.1) is 11.2 Å². The lowest BCUT2D eigenvalue weighted by molar-refractivity contribution is -0.238. The molecule has 0 spiro atoms. The maximum atomic E-state index is 13.1. The minimum absolute atomic E-state index is 0.224. The topological polar surface area (TPSA) is 38.5 Å². The first kappa shape index (κ1) is 15.7. The monoisotopic (exact) mass is 268 g/mol. The zero-order valence-electron chi connectivity index (χ0n) is 11.6. The van der Waals surface area contributed by atoms with Crippen LogP contribution in [-0.4, -0.2) is 47.5 Å². The fraction of sp³-hybridized carbons (Fsp3) is 1.00. The smallest absolute Gasteiger partial charge is 0.367 e. The van der Waals surface area contributed by atoms with Gasteiger partial charge >= 0.3 is 6.18 Å². The first-order valence-corrected chi connectivity index (χ1v) is 6.11. The Morgan fingerprint density at radius 1 is 1.11 bits per heavy atom. The van der Waals surface area contributed by atoms with Gasteiger partial charge in [0.25, 0.3) is 0 Å². The molecule has 1 aliphatic heterocycles. The summed E-state index contributed by atoms with van der Waals surface area (Å²) in [5.41, 5.74) is 4.31. The molecule has 1 aliphatic rings. The minimum atomic E-state index is -4.32. The van der Waals surface area contributed by atoms with Crippen molar-refractivity contribution in [2.75, 3.05) is 13.1 Å². The Hall–Kier alpha value is -0.330. The average molecular weight is 268 g/mol. The lowest BCUT2D eigenvalue weighted by Crippen LogP contribution is -2.65. The third-order valence-electron chi connectivity index (χ3n) is 2.95. The van der Waals surface area contributed by atoms with Crippen LogP contribution in [0.15, 0.2) is 0 Å². The van der Waals surface area contributed by atoms with Gasteiger partial charge in [-0.1, -0.05) is 0 Å². The van der Waals surface area contributed by atoms with Gasteiger partial charge in [0.15, 0.2) is 0 Å². The van der Waals surface area contributed by atoms with E-state index in [4.69, 9.17) is 10.5 Å². The van der Waals surface area contributed by atoms with Gasteiger partial charge in [-0.25, -0.2) is 0 Å². The Morgan fingerprint density at radius 3 is 1.78 bits per heavy atom. The van der Waals surface area contributed by atoms with E-state index in [0.29, 0.717) is 0 Å². The van der Waals surface area contributed by atoms with Crippen LogP contribution in [-0.2, 0) is 4.74 Å². The predicted molar refractivity (Wildman–Crippen MR) is 64.3 cm³/mol. The predicted octanol–water partition coefficient (Wildman–Crippen LogP) is 2.15. The summed E-state index contributed by atoms with van der Waals surface area (Å²) in [5, 5.41) is 0. The Bertz CT molecular complexity index is 279. The van der Waals surface area contributed by atoms with E-state index in [-0.39, 0.29) is 13.1 Å². The molecule has 1 saturated heterocycles. The van der Waals surface area contributed by atoms with Crippen LogP contribution in [0, 0.1) is 0 Å². The normalized spacial score (nSPS) is 27.8. The molecule has 0 aromatic carbocycles. The highest BCUT2D eigenvalue weighted by Gasteiger charge is 2.50. The van der Waals surface area contributed by atoms with E-state index in [1.165, 1.54) is 11.8 Å². The molecular weight excluding hydrogens is 245 g/mol. The first-order chi connectivity index (χ1) is 7.84. The maximum absolute atomic E-state index is 13.1. The van der Waals surface area contributed by atoms with E-state index in [9.17, 15) is 13.2 Å². The molecule has 18 heavy (non-hydrogen) atoms. The number of nitrogens with two attached hydrogens (primary N) is 1. The van der Waals surface area contributed by atoms with Gasteiger partial charge in [0.1, 0.15) is 6.04 Å². The van der Waals surface area contributed by atoms with Crippen LogP contribution in [0.2, 0.25) is 0 Å². The minimum Gasteiger partial charge on any atom is -0.367 e. The number of ether oxygens (including phenoxy) is 1. The molecule has 2 N–H and O–H groups in total. The number of alkyl halides is 3. The molecule has 2 unspecified atom stereocenters. The average Bonchev–Trinajstić information content (AvgIpc) is 1.91. The van der Waals surface area contributed by atoms with Crippen molar-refractivity contribution in [1.82, 2.24) is 4.90 Å². The SMILES string of the molecule is CC(N)C(N1CC(C)(C)OC(C)(C)C1)C(F)(F)F. The van der Waals surface area contributed by atoms with Crippen molar-refractivity contribution in [2.24, 2.45) is 5.73 Å². The van der Waals surface area contributed by atoms with E-state index in [1.54, 1.807) is 27.7 Å². The molecular formula is C12H23F3N2O. The fourth-order valence-corrected chi connectivity index (χ4v) is 2.88. The summed E-state index contributed by atoms with van der Waals surface area (Å²) in [5.74, 6) is 0. The summed E-state index contributed by atoms with van der Waals surface area (Å²) in [6.45, 7) is 9.05. The number of halogens is 3. The van der Waals surface area contributed by atoms with E-state index in [1.807, 2.05) is 0 Å². The molecule has 1 heterocycles. The number of morpholine rings is 1. The first-order valence-electron chi connectivity index (χ1n) is 6.11. The zero-order valence-corrected chi connectivity index (χ0v) is 11.6. The summed E-state index contributed by atoms with van der Waals surface area (Å²) in [6.07, 6.45) is -4.32. The van der Waals surface area contributed by atoms with Crippen molar-refractivity contribution in [3.63, 3.8) is 0 Å². The number of hydrogen-bond acceptors (Lipinski definition) is 3. The van der Waals surface area contributed by atoms with Crippen LogP contribution in [0.5, 0.6) is 0 Å². The highest BCUT2D eigenvalue weighted by atomic mass is 19.4. The highest BCUT2D eigenvalue weighted by molar-refractivity contribution is 4.96. The van der Waals surface area contributed by atoms with Crippen molar-refractivity contribution < 1.29 is 17.9 Å². The maximum Gasteiger partial charge on any atom is 0.405 e. The summed E-state index contributed by atoms with van der Waals surface area (Å²) >= 11 is 0. The van der Waals surface area contributed by atoms with E-state index in [2.05, 4.69) is 0 Å². The van der Waals surface area contributed by atoms with Crippen LogP contribution in [0.1, 0.15) is 34.6 Å². The van der Waals surface area contributed by atoms with Crippen molar-refractivity contribution in [3.8, 4) is 0 Å². The molecule has 1 rings (SSSR count). The zero-order chi connectivity index (χ0) is 14.4. The second-order valence-corrected chi connectivity index (χ2v) is 6.37. The summed E-state index contributed by atoms with van der Waals surface area (Å²) in [6, 6.07) is -2.59. The standard InChI is InChI=1S/C12H23F3N2O/c1-8(16)9(12(13,14)15)17-6-10(2,3)18-11(4,5)7-17/h8-9H,6-7,16H2,1-5H3.